The Bertz CT molecular complexity index is 978. The van der Waals surface area contributed by atoms with Gasteiger partial charge in [0.2, 0.25) is 10.0 Å². The fourth-order valence-corrected chi connectivity index (χ4v) is 4.47. The molecule has 0 N–H and O–H groups in total. The van der Waals surface area contributed by atoms with Crippen LogP contribution in [-0.2, 0) is 10.0 Å². The molecule has 0 bridgehead atoms. The zero-order valence-corrected chi connectivity index (χ0v) is 13.6. The second kappa shape index (κ2) is 5.18. The molecule has 0 spiro atoms. The van der Waals surface area contributed by atoms with Gasteiger partial charge in [-0.2, -0.15) is 4.31 Å². The van der Waals surface area contributed by atoms with E-state index in [4.69, 9.17) is 0 Å². The maximum atomic E-state index is 12.7. The molecule has 0 saturated carbocycles. The largest absolute Gasteiger partial charge is 0.243 e. The molecule has 0 aromatic heterocycles. The second-order valence-corrected chi connectivity index (χ2v) is 7.90. The maximum absolute atomic E-state index is 12.7. The van der Waals surface area contributed by atoms with Gasteiger partial charge < -0.3 is 0 Å². The third-order valence-corrected chi connectivity index (χ3v) is 6.24. The van der Waals surface area contributed by atoms with E-state index in [0.717, 1.165) is 16.5 Å². The minimum atomic E-state index is -3.40. The van der Waals surface area contributed by atoms with Crippen LogP contribution in [0.1, 0.15) is 17.2 Å². The van der Waals surface area contributed by atoms with Gasteiger partial charge in [-0.1, -0.05) is 54.1 Å². The zero-order valence-electron chi connectivity index (χ0n) is 12.8. The van der Waals surface area contributed by atoms with Crippen LogP contribution < -0.4 is 0 Å². The molecular formula is C19H17NO2S. The van der Waals surface area contributed by atoms with Crippen LogP contribution in [0, 0.1) is 6.92 Å². The highest BCUT2D eigenvalue weighted by atomic mass is 32.2. The van der Waals surface area contributed by atoms with Crippen molar-refractivity contribution in [1.82, 2.24) is 4.31 Å². The molecule has 1 unspecified atom stereocenters. The van der Waals surface area contributed by atoms with E-state index in [2.05, 4.69) is 24.3 Å². The lowest BCUT2D eigenvalue weighted by Gasteiger charge is -2.07. The molecule has 0 radical (unpaired) electrons. The normalized spacial score (nSPS) is 20.6. The van der Waals surface area contributed by atoms with Crippen molar-refractivity contribution in [3.63, 3.8) is 0 Å². The molecule has 116 valence electrons. The van der Waals surface area contributed by atoms with Crippen LogP contribution in [-0.4, -0.2) is 19.3 Å². The number of aryl methyl sites for hydroxylation is 1. The van der Waals surface area contributed by atoms with E-state index in [1.54, 1.807) is 16.4 Å². The van der Waals surface area contributed by atoms with Gasteiger partial charge in [0, 0.05) is 6.54 Å². The molecule has 3 aromatic rings. The van der Waals surface area contributed by atoms with Gasteiger partial charge in [0.05, 0.1) is 10.9 Å². The van der Waals surface area contributed by atoms with E-state index < -0.39 is 10.0 Å². The van der Waals surface area contributed by atoms with Gasteiger partial charge in [-0.25, -0.2) is 8.42 Å². The van der Waals surface area contributed by atoms with Crippen molar-refractivity contribution in [2.45, 2.75) is 17.9 Å². The first kappa shape index (κ1) is 14.4. The topological polar surface area (TPSA) is 37.1 Å². The van der Waals surface area contributed by atoms with Crippen LogP contribution in [0.3, 0.4) is 0 Å². The molecule has 1 heterocycles. The molecule has 3 nitrogen and oxygen atoms in total. The standard InChI is InChI=1S/C19H17NO2S/c1-14-6-10-18(11-7-14)23(21,22)20-13-19(20)17-9-8-15-4-2-3-5-16(15)12-17/h2-12,19H,13H2,1H3/t19-,20?/m0/s1. The summed E-state index contributed by atoms with van der Waals surface area (Å²) in [6.45, 7) is 2.50. The number of hydrogen-bond acceptors (Lipinski definition) is 2. The lowest BCUT2D eigenvalue weighted by Crippen LogP contribution is -2.12. The fraction of sp³-hybridized carbons (Fsp3) is 0.158. The average Bonchev–Trinajstić information content (AvgIpc) is 3.36. The highest BCUT2D eigenvalue weighted by Crippen LogP contribution is 2.41. The summed E-state index contributed by atoms with van der Waals surface area (Å²) in [5, 5.41) is 2.31. The molecule has 4 rings (SSSR count). The fourth-order valence-electron chi connectivity index (χ4n) is 2.92. The zero-order chi connectivity index (χ0) is 16.0. The van der Waals surface area contributed by atoms with Gasteiger partial charge in [-0.15, -0.1) is 0 Å². The van der Waals surface area contributed by atoms with Crippen LogP contribution in [0.5, 0.6) is 0 Å². The summed E-state index contributed by atoms with van der Waals surface area (Å²) in [4.78, 5) is 0.367. The Morgan fingerprint density at radius 1 is 0.913 bits per heavy atom. The van der Waals surface area contributed by atoms with Gasteiger partial charge >= 0.3 is 0 Å². The average molecular weight is 323 g/mol. The Morgan fingerprint density at radius 2 is 1.61 bits per heavy atom. The van der Waals surface area contributed by atoms with E-state index in [0.29, 0.717) is 11.4 Å². The summed E-state index contributed by atoms with van der Waals surface area (Å²) in [5.41, 5.74) is 2.11. The summed E-state index contributed by atoms with van der Waals surface area (Å²) in [6, 6.07) is 21.3. The minimum Gasteiger partial charge on any atom is -0.207 e. The first-order chi connectivity index (χ1) is 11.1. The van der Waals surface area contributed by atoms with E-state index >= 15 is 0 Å². The van der Waals surface area contributed by atoms with E-state index in [-0.39, 0.29) is 6.04 Å². The molecule has 1 aliphatic heterocycles. The number of nitrogens with zero attached hydrogens (tertiary/aromatic N) is 1. The third kappa shape index (κ3) is 2.54. The van der Waals surface area contributed by atoms with Crippen molar-refractivity contribution < 1.29 is 8.42 Å². The Balaban J connectivity index is 1.64. The van der Waals surface area contributed by atoms with E-state index in [1.165, 1.54) is 5.39 Å². The summed E-state index contributed by atoms with van der Waals surface area (Å²) in [7, 11) is -3.40. The molecular weight excluding hydrogens is 306 g/mol. The van der Waals surface area contributed by atoms with Crippen LogP contribution in [0.2, 0.25) is 0 Å². The van der Waals surface area contributed by atoms with Crippen molar-refractivity contribution in [3.05, 3.63) is 77.9 Å². The van der Waals surface area contributed by atoms with Gasteiger partial charge in [0.15, 0.2) is 0 Å². The lowest BCUT2D eigenvalue weighted by molar-refractivity contribution is 0.554. The summed E-state index contributed by atoms with van der Waals surface area (Å²) >= 11 is 0. The van der Waals surface area contributed by atoms with Crippen LogP contribution >= 0.6 is 0 Å². The molecule has 0 amide bonds. The Hall–Kier alpha value is -2.17. The highest BCUT2D eigenvalue weighted by molar-refractivity contribution is 7.89. The SMILES string of the molecule is Cc1ccc(S(=O)(=O)N2C[C@H]2c2ccc3ccccc3c2)cc1. The van der Waals surface area contributed by atoms with Crippen molar-refractivity contribution in [2.24, 2.45) is 0 Å². The number of rotatable bonds is 3. The molecule has 1 aliphatic rings. The Morgan fingerprint density at radius 3 is 2.35 bits per heavy atom. The number of benzene rings is 3. The molecule has 4 heteroatoms. The Kier molecular flexibility index (Phi) is 3.25. The lowest BCUT2D eigenvalue weighted by atomic mass is 10.1. The number of hydrogen-bond donors (Lipinski definition) is 0. The second-order valence-electron chi connectivity index (χ2n) is 6.01. The van der Waals surface area contributed by atoms with Crippen molar-refractivity contribution >= 4 is 20.8 Å². The van der Waals surface area contributed by atoms with Crippen molar-refractivity contribution in [3.8, 4) is 0 Å². The van der Waals surface area contributed by atoms with Gasteiger partial charge in [-0.3, -0.25) is 0 Å². The summed E-state index contributed by atoms with van der Waals surface area (Å²) in [6.07, 6.45) is 0. The highest BCUT2D eigenvalue weighted by Gasteiger charge is 2.45. The Labute approximate surface area is 136 Å². The summed E-state index contributed by atoms with van der Waals surface area (Å²) in [5.74, 6) is 0. The van der Waals surface area contributed by atoms with E-state index in [1.807, 2.05) is 37.3 Å². The van der Waals surface area contributed by atoms with Crippen molar-refractivity contribution in [2.75, 3.05) is 6.54 Å². The number of sulfonamides is 1. The molecule has 23 heavy (non-hydrogen) atoms. The van der Waals surface area contributed by atoms with Gasteiger partial charge in [0.25, 0.3) is 0 Å². The minimum absolute atomic E-state index is 0.0501. The van der Waals surface area contributed by atoms with E-state index in [9.17, 15) is 8.42 Å². The van der Waals surface area contributed by atoms with Crippen molar-refractivity contribution in [1.29, 1.82) is 0 Å². The first-order valence-electron chi connectivity index (χ1n) is 7.63. The molecule has 1 saturated heterocycles. The van der Waals surface area contributed by atoms with Gasteiger partial charge in [0.1, 0.15) is 0 Å². The summed E-state index contributed by atoms with van der Waals surface area (Å²) < 4.78 is 26.9. The molecule has 1 fully saturated rings. The molecule has 3 aromatic carbocycles. The van der Waals surface area contributed by atoms with Crippen LogP contribution in [0.25, 0.3) is 10.8 Å². The first-order valence-corrected chi connectivity index (χ1v) is 9.07. The molecule has 2 atom stereocenters. The number of fused-ring (bicyclic) bond motifs is 1. The van der Waals surface area contributed by atoms with Crippen LogP contribution in [0.15, 0.2) is 71.6 Å². The molecule has 0 aliphatic carbocycles. The van der Waals surface area contributed by atoms with Gasteiger partial charge in [-0.05, 0) is 41.5 Å². The predicted octanol–water partition coefficient (Wildman–Crippen LogP) is 3.89. The quantitative estimate of drug-likeness (QED) is 0.686. The maximum Gasteiger partial charge on any atom is 0.243 e. The third-order valence-electron chi connectivity index (χ3n) is 4.35. The van der Waals surface area contributed by atoms with Crippen LogP contribution in [0.4, 0.5) is 0 Å². The predicted molar refractivity (Wildman–Crippen MR) is 91.8 cm³/mol. The smallest absolute Gasteiger partial charge is 0.207 e. The monoisotopic (exact) mass is 323 g/mol.